The second-order valence-corrected chi connectivity index (χ2v) is 4.92. The van der Waals surface area contributed by atoms with Gasteiger partial charge in [0, 0.05) is 39.6 Å². The van der Waals surface area contributed by atoms with E-state index in [0.29, 0.717) is 26.1 Å². The van der Waals surface area contributed by atoms with Gasteiger partial charge in [-0.15, -0.1) is 0 Å². The lowest BCUT2D eigenvalue weighted by Crippen LogP contribution is -2.54. The van der Waals surface area contributed by atoms with Crippen LogP contribution in [0.1, 0.15) is 20.3 Å². The molecule has 0 aliphatic carbocycles. The predicted octanol–water partition coefficient (Wildman–Crippen LogP) is -0.782. The fourth-order valence-electron chi connectivity index (χ4n) is 2.18. The number of esters is 1. The van der Waals surface area contributed by atoms with E-state index < -0.39 is 6.04 Å². The number of carbonyl (C=O) groups is 3. The first-order valence-electron chi connectivity index (χ1n) is 6.79. The van der Waals surface area contributed by atoms with Crippen molar-refractivity contribution >= 4 is 17.8 Å². The molecule has 0 saturated carbocycles. The van der Waals surface area contributed by atoms with Crippen molar-refractivity contribution in [1.29, 1.82) is 0 Å². The fraction of sp³-hybridized carbons (Fsp3) is 0.769. The van der Waals surface area contributed by atoms with Gasteiger partial charge in [-0.25, -0.2) is 0 Å². The Morgan fingerprint density at radius 1 is 1.20 bits per heavy atom. The summed E-state index contributed by atoms with van der Waals surface area (Å²) in [6.45, 7) is 6.43. The number of piperazine rings is 1. The van der Waals surface area contributed by atoms with Gasteiger partial charge in [0.1, 0.15) is 6.04 Å². The molecule has 1 saturated heterocycles. The third-order valence-corrected chi connectivity index (χ3v) is 3.33. The Kier molecular flexibility index (Phi) is 6.44. The number of methoxy groups -OCH3 is 1. The third kappa shape index (κ3) is 5.16. The minimum atomic E-state index is -0.492. The minimum absolute atomic E-state index is 0.0622. The number of rotatable bonds is 5. The van der Waals surface area contributed by atoms with Crippen LogP contribution < -0.4 is 5.32 Å². The first kappa shape index (κ1) is 16.4. The molecule has 114 valence electrons. The van der Waals surface area contributed by atoms with Gasteiger partial charge in [0.25, 0.3) is 0 Å². The van der Waals surface area contributed by atoms with Gasteiger partial charge in [0.05, 0.1) is 13.5 Å². The molecule has 7 heteroatoms. The first-order valence-corrected chi connectivity index (χ1v) is 6.79. The zero-order chi connectivity index (χ0) is 15.1. The molecular formula is C13H23N3O4. The van der Waals surface area contributed by atoms with E-state index in [2.05, 4.69) is 15.0 Å². The maximum atomic E-state index is 12.1. The Bertz CT molecular complexity index is 365. The summed E-state index contributed by atoms with van der Waals surface area (Å²) in [4.78, 5) is 37.9. The van der Waals surface area contributed by atoms with Gasteiger partial charge in [-0.3, -0.25) is 19.3 Å². The Labute approximate surface area is 119 Å². The number of amides is 2. The minimum Gasteiger partial charge on any atom is -0.469 e. The summed E-state index contributed by atoms with van der Waals surface area (Å²) in [5.41, 5.74) is 0. The van der Waals surface area contributed by atoms with Gasteiger partial charge >= 0.3 is 5.97 Å². The quantitative estimate of drug-likeness (QED) is 0.670. The van der Waals surface area contributed by atoms with E-state index in [-0.39, 0.29) is 17.8 Å². The van der Waals surface area contributed by atoms with Crippen LogP contribution in [0.4, 0.5) is 0 Å². The third-order valence-electron chi connectivity index (χ3n) is 3.33. The maximum absolute atomic E-state index is 12.1. The number of nitrogens with one attached hydrogen (secondary N) is 1. The molecule has 1 rings (SSSR count). The average Bonchev–Trinajstić information content (AvgIpc) is 2.43. The summed E-state index contributed by atoms with van der Waals surface area (Å²) in [5, 5.41) is 2.59. The van der Waals surface area contributed by atoms with Gasteiger partial charge in [-0.2, -0.15) is 0 Å². The summed E-state index contributed by atoms with van der Waals surface area (Å²) >= 11 is 0. The highest BCUT2D eigenvalue weighted by Gasteiger charge is 2.25. The number of ether oxygens (including phenoxy) is 1. The molecule has 0 bridgehead atoms. The summed E-state index contributed by atoms with van der Waals surface area (Å²) < 4.78 is 4.60. The van der Waals surface area contributed by atoms with E-state index in [1.807, 2.05) is 0 Å². The molecule has 1 fully saturated rings. The topological polar surface area (TPSA) is 79.0 Å². The average molecular weight is 285 g/mol. The lowest BCUT2D eigenvalue weighted by atomic mass is 10.2. The summed E-state index contributed by atoms with van der Waals surface area (Å²) in [6, 6.07) is -0.492. The molecule has 0 aromatic rings. The molecule has 1 heterocycles. The van der Waals surface area contributed by atoms with Crippen molar-refractivity contribution in [2.75, 3.05) is 39.8 Å². The van der Waals surface area contributed by atoms with Crippen LogP contribution in [-0.4, -0.2) is 73.5 Å². The maximum Gasteiger partial charge on any atom is 0.306 e. The molecule has 0 radical (unpaired) electrons. The van der Waals surface area contributed by atoms with Crippen molar-refractivity contribution in [1.82, 2.24) is 15.1 Å². The zero-order valence-electron chi connectivity index (χ0n) is 12.3. The molecular weight excluding hydrogens is 262 g/mol. The van der Waals surface area contributed by atoms with Crippen LogP contribution in [0.5, 0.6) is 0 Å². The zero-order valence-corrected chi connectivity index (χ0v) is 12.3. The van der Waals surface area contributed by atoms with Crippen LogP contribution in [0.15, 0.2) is 0 Å². The highest BCUT2D eigenvalue weighted by atomic mass is 16.5. The second-order valence-electron chi connectivity index (χ2n) is 4.92. The number of nitrogens with zero attached hydrogens (tertiary/aromatic N) is 2. The lowest BCUT2D eigenvalue weighted by molar-refractivity contribution is -0.141. The molecule has 1 aliphatic rings. The molecule has 1 unspecified atom stereocenters. The van der Waals surface area contributed by atoms with Crippen molar-refractivity contribution in [2.45, 2.75) is 26.3 Å². The molecule has 7 nitrogen and oxygen atoms in total. The van der Waals surface area contributed by atoms with Crippen molar-refractivity contribution in [3.63, 3.8) is 0 Å². The van der Waals surface area contributed by atoms with Gasteiger partial charge in [0.15, 0.2) is 0 Å². The van der Waals surface area contributed by atoms with Crippen LogP contribution in [0, 0.1) is 0 Å². The van der Waals surface area contributed by atoms with E-state index in [9.17, 15) is 14.4 Å². The molecule has 1 atom stereocenters. The van der Waals surface area contributed by atoms with Crippen LogP contribution >= 0.6 is 0 Å². The Balaban J connectivity index is 2.32. The smallest absolute Gasteiger partial charge is 0.306 e. The standard InChI is InChI=1S/C13H23N3O4/c1-10(14-11(2)17)13(19)16-8-6-15(7-9-16)5-4-12(18)20-3/h10H,4-9H2,1-3H3,(H,14,17). The van der Waals surface area contributed by atoms with Crippen LogP contribution in [-0.2, 0) is 19.1 Å². The highest BCUT2D eigenvalue weighted by molar-refractivity contribution is 5.86. The Hall–Kier alpha value is -1.63. The van der Waals surface area contributed by atoms with Crippen molar-refractivity contribution < 1.29 is 19.1 Å². The van der Waals surface area contributed by atoms with Crippen molar-refractivity contribution in [2.24, 2.45) is 0 Å². The van der Waals surface area contributed by atoms with E-state index in [4.69, 9.17) is 0 Å². The van der Waals surface area contributed by atoms with Crippen LogP contribution in [0.2, 0.25) is 0 Å². The van der Waals surface area contributed by atoms with Gasteiger partial charge in [0.2, 0.25) is 11.8 Å². The Morgan fingerprint density at radius 3 is 2.30 bits per heavy atom. The fourth-order valence-corrected chi connectivity index (χ4v) is 2.18. The molecule has 2 amide bonds. The predicted molar refractivity (Wildman–Crippen MR) is 72.9 cm³/mol. The van der Waals surface area contributed by atoms with Gasteiger partial charge in [-0.1, -0.05) is 0 Å². The normalized spacial score (nSPS) is 17.4. The molecule has 0 spiro atoms. The van der Waals surface area contributed by atoms with E-state index >= 15 is 0 Å². The highest BCUT2D eigenvalue weighted by Crippen LogP contribution is 2.05. The van der Waals surface area contributed by atoms with Crippen molar-refractivity contribution in [3.8, 4) is 0 Å². The summed E-state index contributed by atoms with van der Waals surface area (Å²) in [5.74, 6) is -0.488. The van der Waals surface area contributed by atoms with Gasteiger partial charge < -0.3 is 15.0 Å². The molecule has 1 N–H and O–H groups in total. The van der Waals surface area contributed by atoms with Crippen molar-refractivity contribution in [3.05, 3.63) is 0 Å². The van der Waals surface area contributed by atoms with E-state index in [1.54, 1.807) is 11.8 Å². The first-order chi connectivity index (χ1) is 9.43. The lowest BCUT2D eigenvalue weighted by Gasteiger charge is -2.35. The summed E-state index contributed by atoms with van der Waals surface area (Å²) in [6.07, 6.45) is 0.368. The number of hydrogen-bond donors (Lipinski definition) is 1. The van der Waals surface area contributed by atoms with Crippen LogP contribution in [0.3, 0.4) is 0 Å². The molecule has 20 heavy (non-hydrogen) atoms. The number of carbonyl (C=O) groups excluding carboxylic acids is 3. The monoisotopic (exact) mass is 285 g/mol. The Morgan fingerprint density at radius 2 is 1.80 bits per heavy atom. The van der Waals surface area contributed by atoms with Crippen LogP contribution in [0.25, 0.3) is 0 Å². The SMILES string of the molecule is COC(=O)CCN1CCN(C(=O)C(C)NC(C)=O)CC1. The largest absolute Gasteiger partial charge is 0.469 e. The van der Waals surface area contributed by atoms with E-state index in [0.717, 1.165) is 13.1 Å². The second kappa shape index (κ2) is 7.84. The molecule has 0 aromatic carbocycles. The molecule has 0 aromatic heterocycles. The number of hydrogen-bond acceptors (Lipinski definition) is 5. The van der Waals surface area contributed by atoms with E-state index in [1.165, 1.54) is 14.0 Å². The molecule has 1 aliphatic heterocycles. The van der Waals surface area contributed by atoms with Gasteiger partial charge in [-0.05, 0) is 6.92 Å². The summed E-state index contributed by atoms with van der Waals surface area (Å²) in [7, 11) is 1.38.